The fourth-order valence-corrected chi connectivity index (χ4v) is 2.93. The Labute approximate surface area is 141 Å². The third-order valence-electron chi connectivity index (χ3n) is 3.27. The third kappa shape index (κ3) is 4.41. The minimum atomic E-state index is -3.67. The molecule has 2 rings (SSSR count). The average molecular weight is 343 g/mol. The summed E-state index contributed by atoms with van der Waals surface area (Å²) in [4.78, 5) is 16.5. The molecule has 24 heavy (non-hydrogen) atoms. The maximum atomic E-state index is 12.2. The Balaban J connectivity index is 2.08. The molecule has 1 heterocycles. The van der Waals surface area contributed by atoms with Gasteiger partial charge in [-0.1, -0.05) is 12.0 Å². The molecule has 0 fully saturated rings. The number of terminal acetylenes is 1. The number of pyridine rings is 1. The van der Waals surface area contributed by atoms with Crippen LogP contribution >= 0.6 is 0 Å². The summed E-state index contributed by atoms with van der Waals surface area (Å²) in [6.07, 6.45) is 6.69. The third-order valence-corrected chi connectivity index (χ3v) is 4.69. The summed E-state index contributed by atoms with van der Waals surface area (Å²) in [6.45, 7) is 1.73. The molecule has 0 radical (unpaired) electrons. The van der Waals surface area contributed by atoms with Crippen LogP contribution in [0, 0.1) is 12.3 Å². The van der Waals surface area contributed by atoms with E-state index in [9.17, 15) is 13.2 Å². The number of aromatic nitrogens is 1. The van der Waals surface area contributed by atoms with Crippen LogP contribution in [0.4, 0.5) is 0 Å². The van der Waals surface area contributed by atoms with Crippen LogP contribution in [0.5, 0.6) is 0 Å². The molecular formula is C17H17N3O3S. The van der Waals surface area contributed by atoms with Gasteiger partial charge in [0.05, 0.1) is 23.2 Å². The number of amides is 1. The summed E-state index contributed by atoms with van der Waals surface area (Å²) in [5.41, 5.74) is 1.09. The number of nitrogens with one attached hydrogen (secondary N) is 2. The van der Waals surface area contributed by atoms with Gasteiger partial charge in [0.2, 0.25) is 10.0 Å². The van der Waals surface area contributed by atoms with Gasteiger partial charge in [0.25, 0.3) is 5.91 Å². The summed E-state index contributed by atoms with van der Waals surface area (Å²) >= 11 is 0. The van der Waals surface area contributed by atoms with Gasteiger partial charge in [-0.15, -0.1) is 6.42 Å². The largest absolute Gasteiger partial charge is 0.344 e. The Morgan fingerprint density at radius 1 is 1.25 bits per heavy atom. The van der Waals surface area contributed by atoms with Crippen LogP contribution in [0.2, 0.25) is 0 Å². The van der Waals surface area contributed by atoms with Gasteiger partial charge in [-0.3, -0.25) is 9.78 Å². The molecule has 1 atom stereocenters. The van der Waals surface area contributed by atoms with Crippen molar-refractivity contribution in [2.24, 2.45) is 0 Å². The molecule has 0 aliphatic carbocycles. The first-order chi connectivity index (χ1) is 11.4. The standard InChI is InChI=1S/C17H17N3O3S/c1-3-11-19-24(22,23)15-9-7-14(8-10-15)17(21)20-13(2)16-6-4-5-12-18-16/h1,4-10,12-13,19H,11H2,2H3,(H,20,21). The minimum absolute atomic E-state index is 0.0482. The van der Waals surface area contributed by atoms with Crippen molar-refractivity contribution in [3.63, 3.8) is 0 Å². The summed E-state index contributed by atoms with van der Waals surface area (Å²) in [6, 6.07) is 10.8. The highest BCUT2D eigenvalue weighted by molar-refractivity contribution is 7.89. The van der Waals surface area contributed by atoms with Crippen LogP contribution in [0.25, 0.3) is 0 Å². The van der Waals surface area contributed by atoms with Gasteiger partial charge >= 0.3 is 0 Å². The molecular weight excluding hydrogens is 326 g/mol. The van der Waals surface area contributed by atoms with Crippen molar-refractivity contribution in [1.29, 1.82) is 0 Å². The predicted molar refractivity (Wildman–Crippen MR) is 90.6 cm³/mol. The number of carbonyl (C=O) groups excluding carboxylic acids is 1. The molecule has 124 valence electrons. The molecule has 0 saturated heterocycles. The molecule has 0 saturated carbocycles. The van der Waals surface area contributed by atoms with Gasteiger partial charge < -0.3 is 5.32 Å². The number of nitrogens with zero attached hydrogens (tertiary/aromatic N) is 1. The van der Waals surface area contributed by atoms with Crippen LogP contribution in [0.1, 0.15) is 29.0 Å². The molecule has 1 unspecified atom stereocenters. The van der Waals surface area contributed by atoms with Gasteiger partial charge in [0, 0.05) is 11.8 Å². The zero-order valence-electron chi connectivity index (χ0n) is 13.1. The van der Waals surface area contributed by atoms with E-state index in [2.05, 4.69) is 20.9 Å². The maximum absolute atomic E-state index is 12.2. The van der Waals surface area contributed by atoms with E-state index in [1.165, 1.54) is 24.3 Å². The highest BCUT2D eigenvalue weighted by atomic mass is 32.2. The lowest BCUT2D eigenvalue weighted by atomic mass is 10.1. The molecule has 0 spiro atoms. The van der Waals surface area contributed by atoms with Gasteiger partial charge in [0.1, 0.15) is 0 Å². The number of benzene rings is 1. The molecule has 0 bridgehead atoms. The number of carbonyl (C=O) groups is 1. The van der Waals surface area contributed by atoms with Crippen LogP contribution < -0.4 is 10.0 Å². The van der Waals surface area contributed by atoms with Crippen molar-refractivity contribution in [3.8, 4) is 12.3 Å². The molecule has 1 amide bonds. The van der Waals surface area contributed by atoms with E-state index in [1.807, 2.05) is 19.1 Å². The lowest BCUT2D eigenvalue weighted by Crippen LogP contribution is -2.27. The first kappa shape index (κ1) is 17.7. The Morgan fingerprint density at radius 2 is 1.96 bits per heavy atom. The highest BCUT2D eigenvalue weighted by Gasteiger charge is 2.15. The lowest BCUT2D eigenvalue weighted by molar-refractivity contribution is 0.0939. The summed E-state index contributed by atoms with van der Waals surface area (Å²) in [7, 11) is -3.67. The second kappa shape index (κ2) is 7.73. The normalized spacial score (nSPS) is 12.2. The second-order valence-electron chi connectivity index (χ2n) is 5.00. The fraction of sp³-hybridized carbons (Fsp3) is 0.176. The van der Waals surface area contributed by atoms with E-state index in [0.29, 0.717) is 5.56 Å². The number of sulfonamides is 1. The smallest absolute Gasteiger partial charge is 0.251 e. The van der Waals surface area contributed by atoms with Crippen LogP contribution in [0.15, 0.2) is 53.6 Å². The van der Waals surface area contributed by atoms with Crippen molar-refractivity contribution in [2.45, 2.75) is 17.9 Å². The Bertz CT molecular complexity index is 841. The minimum Gasteiger partial charge on any atom is -0.344 e. The quantitative estimate of drug-likeness (QED) is 0.778. The first-order valence-electron chi connectivity index (χ1n) is 7.19. The van der Waals surface area contributed by atoms with E-state index in [1.54, 1.807) is 12.3 Å². The Hall–Kier alpha value is -2.69. The van der Waals surface area contributed by atoms with E-state index in [0.717, 1.165) is 5.69 Å². The molecule has 1 aromatic carbocycles. The van der Waals surface area contributed by atoms with Gasteiger partial charge in [-0.2, -0.15) is 4.72 Å². The second-order valence-corrected chi connectivity index (χ2v) is 6.77. The van der Waals surface area contributed by atoms with Gasteiger partial charge in [-0.05, 0) is 43.3 Å². The maximum Gasteiger partial charge on any atom is 0.251 e. The molecule has 0 aliphatic heterocycles. The SMILES string of the molecule is C#CCNS(=O)(=O)c1ccc(C(=O)NC(C)c2ccccn2)cc1. The van der Waals surface area contributed by atoms with Crippen LogP contribution in [-0.2, 0) is 10.0 Å². The molecule has 6 nitrogen and oxygen atoms in total. The van der Waals surface area contributed by atoms with Crippen molar-refractivity contribution in [1.82, 2.24) is 15.0 Å². The molecule has 2 N–H and O–H groups in total. The van der Waals surface area contributed by atoms with E-state index in [4.69, 9.17) is 6.42 Å². The molecule has 7 heteroatoms. The van der Waals surface area contributed by atoms with Gasteiger partial charge in [-0.25, -0.2) is 8.42 Å². The molecule has 1 aromatic heterocycles. The predicted octanol–water partition coefficient (Wildman–Crippen LogP) is 1.48. The number of rotatable bonds is 6. The average Bonchev–Trinajstić information content (AvgIpc) is 2.60. The summed E-state index contributed by atoms with van der Waals surface area (Å²) in [5, 5.41) is 2.81. The van der Waals surface area contributed by atoms with Crippen LogP contribution in [-0.4, -0.2) is 25.9 Å². The molecule has 0 aliphatic rings. The van der Waals surface area contributed by atoms with Gasteiger partial charge in [0.15, 0.2) is 0 Å². The Morgan fingerprint density at radius 3 is 2.54 bits per heavy atom. The summed E-state index contributed by atoms with van der Waals surface area (Å²) in [5.74, 6) is 1.89. The number of hydrogen-bond donors (Lipinski definition) is 2. The molecule has 2 aromatic rings. The number of hydrogen-bond acceptors (Lipinski definition) is 4. The zero-order chi connectivity index (χ0) is 17.6. The Kier molecular flexibility index (Phi) is 5.68. The van der Waals surface area contributed by atoms with E-state index < -0.39 is 10.0 Å². The van der Waals surface area contributed by atoms with Crippen molar-refractivity contribution >= 4 is 15.9 Å². The lowest BCUT2D eigenvalue weighted by Gasteiger charge is -2.13. The monoisotopic (exact) mass is 343 g/mol. The van der Waals surface area contributed by atoms with Crippen molar-refractivity contribution in [2.75, 3.05) is 6.54 Å². The zero-order valence-corrected chi connectivity index (χ0v) is 13.9. The fourth-order valence-electron chi connectivity index (χ4n) is 1.99. The topological polar surface area (TPSA) is 88.2 Å². The van der Waals surface area contributed by atoms with E-state index in [-0.39, 0.29) is 23.4 Å². The first-order valence-corrected chi connectivity index (χ1v) is 8.67. The van der Waals surface area contributed by atoms with E-state index >= 15 is 0 Å². The summed E-state index contributed by atoms with van der Waals surface area (Å²) < 4.78 is 26.1. The van der Waals surface area contributed by atoms with Crippen LogP contribution in [0.3, 0.4) is 0 Å². The highest BCUT2D eigenvalue weighted by Crippen LogP contribution is 2.13. The van der Waals surface area contributed by atoms with Crippen molar-refractivity contribution < 1.29 is 13.2 Å². The van der Waals surface area contributed by atoms with Crippen molar-refractivity contribution in [3.05, 3.63) is 59.9 Å².